The second-order valence-corrected chi connectivity index (χ2v) is 2.43. The maximum absolute atomic E-state index is 5.73. The van der Waals surface area contributed by atoms with Crippen LogP contribution in [-0.2, 0) is 0 Å². The Morgan fingerprint density at radius 3 is 2.67 bits per heavy atom. The molecule has 0 saturated heterocycles. The van der Waals surface area contributed by atoms with E-state index in [1.54, 1.807) is 6.08 Å². The molecule has 0 fully saturated rings. The first kappa shape index (κ1) is 8.77. The standard InChI is InChI=1S/C8H13Cl/c1-3-5-6-7-8(9)4-2/h4-6,8H,2-3,7H2,1H3. The lowest BCUT2D eigenvalue weighted by atomic mass is 10.2. The molecule has 1 heteroatoms. The van der Waals surface area contributed by atoms with Crippen molar-refractivity contribution in [3.05, 3.63) is 24.8 Å². The van der Waals surface area contributed by atoms with Crippen LogP contribution in [0.3, 0.4) is 0 Å². The van der Waals surface area contributed by atoms with Crippen molar-refractivity contribution < 1.29 is 0 Å². The highest BCUT2D eigenvalue weighted by molar-refractivity contribution is 6.21. The third-order valence-electron chi connectivity index (χ3n) is 1.02. The number of hydrogen-bond acceptors (Lipinski definition) is 0. The summed E-state index contributed by atoms with van der Waals surface area (Å²) in [6.45, 7) is 5.68. The summed E-state index contributed by atoms with van der Waals surface area (Å²) >= 11 is 5.73. The van der Waals surface area contributed by atoms with Crippen LogP contribution in [0.25, 0.3) is 0 Å². The summed E-state index contributed by atoms with van der Waals surface area (Å²) in [6, 6.07) is 0. The Bertz CT molecular complexity index is 94.7. The van der Waals surface area contributed by atoms with Gasteiger partial charge in [-0.05, 0) is 12.8 Å². The van der Waals surface area contributed by atoms with Crippen molar-refractivity contribution in [2.24, 2.45) is 0 Å². The van der Waals surface area contributed by atoms with Gasteiger partial charge in [0, 0.05) is 0 Å². The molecule has 1 atom stereocenters. The van der Waals surface area contributed by atoms with Gasteiger partial charge in [-0.3, -0.25) is 0 Å². The summed E-state index contributed by atoms with van der Waals surface area (Å²) in [5.41, 5.74) is 0. The molecule has 0 radical (unpaired) electrons. The molecule has 0 rings (SSSR count). The molecule has 0 heterocycles. The van der Waals surface area contributed by atoms with Gasteiger partial charge < -0.3 is 0 Å². The monoisotopic (exact) mass is 144 g/mol. The lowest BCUT2D eigenvalue weighted by Gasteiger charge is -1.94. The maximum Gasteiger partial charge on any atom is 0.0547 e. The molecule has 0 saturated carbocycles. The summed E-state index contributed by atoms with van der Waals surface area (Å²) in [5.74, 6) is 0. The van der Waals surface area contributed by atoms with Crippen LogP contribution >= 0.6 is 11.6 Å². The topological polar surface area (TPSA) is 0 Å². The zero-order chi connectivity index (χ0) is 7.11. The molecule has 52 valence electrons. The minimum atomic E-state index is 0.104. The molecular formula is C8H13Cl. The fourth-order valence-electron chi connectivity index (χ4n) is 0.489. The Kier molecular flexibility index (Phi) is 5.75. The zero-order valence-electron chi connectivity index (χ0n) is 5.81. The van der Waals surface area contributed by atoms with E-state index >= 15 is 0 Å². The Morgan fingerprint density at radius 1 is 1.56 bits per heavy atom. The van der Waals surface area contributed by atoms with E-state index in [-0.39, 0.29) is 5.38 Å². The molecular weight excluding hydrogens is 132 g/mol. The molecule has 0 aromatic rings. The van der Waals surface area contributed by atoms with Crippen molar-refractivity contribution in [1.29, 1.82) is 0 Å². The molecule has 0 aliphatic rings. The highest BCUT2D eigenvalue weighted by Gasteiger charge is 1.91. The first-order valence-electron chi connectivity index (χ1n) is 3.22. The van der Waals surface area contributed by atoms with Crippen LogP contribution in [0.2, 0.25) is 0 Å². The van der Waals surface area contributed by atoms with Crippen molar-refractivity contribution in [2.45, 2.75) is 25.1 Å². The van der Waals surface area contributed by atoms with Gasteiger partial charge in [-0.1, -0.05) is 25.2 Å². The van der Waals surface area contributed by atoms with Gasteiger partial charge >= 0.3 is 0 Å². The van der Waals surface area contributed by atoms with Gasteiger partial charge in [0.1, 0.15) is 0 Å². The van der Waals surface area contributed by atoms with E-state index in [2.05, 4.69) is 25.7 Å². The normalized spacial score (nSPS) is 14.0. The summed E-state index contributed by atoms with van der Waals surface area (Å²) in [5, 5.41) is 0.104. The van der Waals surface area contributed by atoms with Crippen molar-refractivity contribution in [2.75, 3.05) is 0 Å². The smallest absolute Gasteiger partial charge is 0.0547 e. The first-order valence-corrected chi connectivity index (χ1v) is 3.66. The molecule has 1 unspecified atom stereocenters. The van der Waals surface area contributed by atoms with Crippen LogP contribution in [0.5, 0.6) is 0 Å². The van der Waals surface area contributed by atoms with E-state index in [4.69, 9.17) is 11.6 Å². The Balaban J connectivity index is 3.25. The minimum absolute atomic E-state index is 0.104. The lowest BCUT2D eigenvalue weighted by Crippen LogP contribution is -1.87. The number of allylic oxidation sites excluding steroid dienone is 3. The highest BCUT2D eigenvalue weighted by atomic mass is 35.5. The quantitative estimate of drug-likeness (QED) is 0.420. The molecule has 0 nitrogen and oxygen atoms in total. The number of halogens is 1. The van der Waals surface area contributed by atoms with Gasteiger partial charge in [-0.25, -0.2) is 0 Å². The summed E-state index contributed by atoms with van der Waals surface area (Å²) in [7, 11) is 0. The molecule has 0 aromatic heterocycles. The summed E-state index contributed by atoms with van der Waals surface area (Å²) in [4.78, 5) is 0. The van der Waals surface area contributed by atoms with Crippen LogP contribution in [-0.4, -0.2) is 5.38 Å². The predicted octanol–water partition coefficient (Wildman–Crippen LogP) is 3.14. The van der Waals surface area contributed by atoms with Crippen molar-refractivity contribution in [3.63, 3.8) is 0 Å². The molecule has 0 spiro atoms. The first-order chi connectivity index (χ1) is 4.31. The van der Waals surface area contributed by atoms with Crippen LogP contribution in [0, 0.1) is 0 Å². The Labute approximate surface area is 62.2 Å². The zero-order valence-corrected chi connectivity index (χ0v) is 6.56. The van der Waals surface area contributed by atoms with E-state index in [0.717, 1.165) is 12.8 Å². The van der Waals surface area contributed by atoms with Gasteiger partial charge in [-0.2, -0.15) is 0 Å². The fourth-order valence-corrected chi connectivity index (χ4v) is 0.592. The largest absolute Gasteiger partial charge is 0.118 e. The predicted molar refractivity (Wildman–Crippen MR) is 43.9 cm³/mol. The third-order valence-corrected chi connectivity index (χ3v) is 1.38. The van der Waals surface area contributed by atoms with Crippen molar-refractivity contribution in [3.8, 4) is 0 Å². The number of alkyl halides is 1. The van der Waals surface area contributed by atoms with Gasteiger partial charge in [-0.15, -0.1) is 18.2 Å². The average molecular weight is 145 g/mol. The Hall–Kier alpha value is -0.230. The third kappa shape index (κ3) is 5.64. The highest BCUT2D eigenvalue weighted by Crippen LogP contribution is 2.03. The van der Waals surface area contributed by atoms with Crippen LogP contribution in [0.4, 0.5) is 0 Å². The van der Waals surface area contributed by atoms with Crippen LogP contribution in [0.15, 0.2) is 24.8 Å². The number of hydrogen-bond donors (Lipinski definition) is 0. The van der Waals surface area contributed by atoms with Gasteiger partial charge in [0.2, 0.25) is 0 Å². The van der Waals surface area contributed by atoms with Crippen LogP contribution < -0.4 is 0 Å². The molecule has 0 aliphatic carbocycles. The second-order valence-electron chi connectivity index (χ2n) is 1.87. The Morgan fingerprint density at radius 2 is 2.22 bits per heavy atom. The van der Waals surface area contributed by atoms with E-state index in [9.17, 15) is 0 Å². The summed E-state index contributed by atoms with van der Waals surface area (Å²) in [6.07, 6.45) is 7.93. The molecule has 0 N–H and O–H groups in total. The van der Waals surface area contributed by atoms with Gasteiger partial charge in [0.05, 0.1) is 5.38 Å². The van der Waals surface area contributed by atoms with E-state index in [0.29, 0.717) is 0 Å². The van der Waals surface area contributed by atoms with E-state index in [1.165, 1.54) is 0 Å². The van der Waals surface area contributed by atoms with Gasteiger partial charge in [0.15, 0.2) is 0 Å². The molecule has 0 bridgehead atoms. The molecule has 9 heavy (non-hydrogen) atoms. The molecule has 0 amide bonds. The second kappa shape index (κ2) is 5.90. The van der Waals surface area contributed by atoms with E-state index < -0.39 is 0 Å². The molecule has 0 aliphatic heterocycles. The average Bonchev–Trinajstić information content (AvgIpc) is 1.89. The lowest BCUT2D eigenvalue weighted by molar-refractivity contribution is 1.05. The fraction of sp³-hybridized carbons (Fsp3) is 0.500. The van der Waals surface area contributed by atoms with E-state index in [1.807, 2.05) is 0 Å². The summed E-state index contributed by atoms with van der Waals surface area (Å²) < 4.78 is 0. The SMILES string of the molecule is C=CC(Cl)CC=CCC. The van der Waals surface area contributed by atoms with Crippen LogP contribution in [0.1, 0.15) is 19.8 Å². The van der Waals surface area contributed by atoms with Gasteiger partial charge in [0.25, 0.3) is 0 Å². The number of rotatable bonds is 4. The maximum atomic E-state index is 5.73. The van der Waals surface area contributed by atoms with Crippen molar-refractivity contribution in [1.82, 2.24) is 0 Å². The minimum Gasteiger partial charge on any atom is -0.118 e. The molecule has 0 aromatic carbocycles. The van der Waals surface area contributed by atoms with Crippen molar-refractivity contribution >= 4 is 11.6 Å².